The molecule has 2 heteroatoms. The van der Waals surface area contributed by atoms with Crippen LogP contribution in [0.5, 0.6) is 0 Å². The summed E-state index contributed by atoms with van der Waals surface area (Å²) in [6, 6.07) is 0. The van der Waals surface area contributed by atoms with Gasteiger partial charge in [0.15, 0.2) is 0 Å². The third-order valence-corrected chi connectivity index (χ3v) is 3.99. The zero-order chi connectivity index (χ0) is 11.3. The molecule has 0 radical (unpaired) electrons. The van der Waals surface area contributed by atoms with Crippen LogP contribution in [-0.2, 0) is 4.74 Å². The fourth-order valence-corrected chi connectivity index (χ4v) is 3.64. The molecule has 2 nitrogen and oxygen atoms in total. The number of hydrogen-bond acceptors (Lipinski definition) is 2. The lowest BCUT2D eigenvalue weighted by Gasteiger charge is -2.46. The average molecular weight is 211 g/mol. The third-order valence-electron chi connectivity index (χ3n) is 3.99. The van der Waals surface area contributed by atoms with Crippen molar-refractivity contribution in [2.45, 2.75) is 58.7 Å². The monoisotopic (exact) mass is 211 g/mol. The third kappa shape index (κ3) is 2.07. The number of rotatable bonds is 0. The molecule has 1 saturated carbocycles. The molecule has 2 atom stereocenters. The molecular formula is C13H25NO. The lowest BCUT2D eigenvalue weighted by Crippen LogP contribution is -2.59. The summed E-state index contributed by atoms with van der Waals surface area (Å²) < 4.78 is 6.41. The average Bonchev–Trinajstić information content (AvgIpc) is 2.18. The molecular weight excluding hydrogens is 186 g/mol. The fraction of sp³-hybridized carbons (Fsp3) is 1.00. The van der Waals surface area contributed by atoms with Crippen molar-refractivity contribution in [2.75, 3.05) is 13.1 Å². The van der Waals surface area contributed by atoms with E-state index < -0.39 is 0 Å². The normalized spacial score (nSPS) is 43.4. The van der Waals surface area contributed by atoms with Gasteiger partial charge in [-0.05, 0) is 38.0 Å². The Morgan fingerprint density at radius 1 is 1.13 bits per heavy atom. The Labute approximate surface area is 93.8 Å². The van der Waals surface area contributed by atoms with Crippen LogP contribution in [0.2, 0.25) is 0 Å². The van der Waals surface area contributed by atoms with E-state index in [0.29, 0.717) is 11.3 Å². The van der Waals surface area contributed by atoms with Gasteiger partial charge in [-0.1, -0.05) is 20.8 Å². The molecule has 1 saturated heterocycles. The first-order valence-electron chi connectivity index (χ1n) is 6.16. The van der Waals surface area contributed by atoms with E-state index in [9.17, 15) is 0 Å². The molecule has 1 N–H and O–H groups in total. The number of ether oxygens (including phenoxy) is 1. The zero-order valence-electron chi connectivity index (χ0n) is 10.8. The summed E-state index contributed by atoms with van der Waals surface area (Å²) in [5.41, 5.74) is 0.521. The van der Waals surface area contributed by atoms with Crippen LogP contribution in [0, 0.1) is 11.3 Å². The minimum absolute atomic E-state index is 0.00701. The van der Waals surface area contributed by atoms with Crippen molar-refractivity contribution in [3.63, 3.8) is 0 Å². The quantitative estimate of drug-likeness (QED) is 0.665. The van der Waals surface area contributed by atoms with E-state index >= 15 is 0 Å². The summed E-state index contributed by atoms with van der Waals surface area (Å²) >= 11 is 0. The molecule has 1 heterocycles. The van der Waals surface area contributed by atoms with Gasteiger partial charge >= 0.3 is 0 Å². The second-order valence-electron chi connectivity index (χ2n) is 6.98. The Balaban J connectivity index is 2.20. The van der Waals surface area contributed by atoms with Gasteiger partial charge in [0.25, 0.3) is 0 Å². The maximum absolute atomic E-state index is 6.41. The molecule has 1 aliphatic heterocycles. The van der Waals surface area contributed by atoms with E-state index in [1.807, 2.05) is 0 Å². The maximum atomic E-state index is 6.41. The molecule has 2 rings (SSSR count). The van der Waals surface area contributed by atoms with Gasteiger partial charge in [0, 0.05) is 13.1 Å². The molecule has 2 fully saturated rings. The summed E-state index contributed by atoms with van der Waals surface area (Å²) in [6.45, 7) is 13.5. The molecule has 88 valence electrons. The molecule has 0 amide bonds. The van der Waals surface area contributed by atoms with Crippen molar-refractivity contribution in [3.8, 4) is 0 Å². The van der Waals surface area contributed by atoms with Gasteiger partial charge in [0.05, 0.1) is 11.2 Å². The van der Waals surface area contributed by atoms with Crippen LogP contribution in [0.4, 0.5) is 0 Å². The van der Waals surface area contributed by atoms with Crippen molar-refractivity contribution in [1.29, 1.82) is 0 Å². The van der Waals surface area contributed by atoms with Gasteiger partial charge in [-0.2, -0.15) is 0 Å². The van der Waals surface area contributed by atoms with Crippen molar-refractivity contribution in [2.24, 2.45) is 11.3 Å². The van der Waals surface area contributed by atoms with E-state index in [0.717, 1.165) is 13.1 Å². The summed E-state index contributed by atoms with van der Waals surface area (Å²) in [5.74, 6) is 0.666. The van der Waals surface area contributed by atoms with Crippen molar-refractivity contribution in [3.05, 3.63) is 0 Å². The van der Waals surface area contributed by atoms with Gasteiger partial charge in [-0.3, -0.25) is 0 Å². The number of hydrogen-bond donors (Lipinski definition) is 1. The van der Waals surface area contributed by atoms with E-state index in [2.05, 4.69) is 39.9 Å². The predicted molar refractivity (Wildman–Crippen MR) is 62.9 cm³/mol. The van der Waals surface area contributed by atoms with E-state index in [1.54, 1.807) is 0 Å². The van der Waals surface area contributed by atoms with Gasteiger partial charge in [0.2, 0.25) is 0 Å². The van der Waals surface area contributed by atoms with Crippen LogP contribution in [0.25, 0.3) is 0 Å². The largest absolute Gasteiger partial charge is 0.366 e. The van der Waals surface area contributed by atoms with Gasteiger partial charge in [-0.15, -0.1) is 0 Å². The second-order valence-corrected chi connectivity index (χ2v) is 6.98. The Hall–Kier alpha value is -0.0800. The Morgan fingerprint density at radius 3 is 2.27 bits per heavy atom. The lowest BCUT2D eigenvalue weighted by molar-refractivity contribution is -0.177. The van der Waals surface area contributed by atoms with Crippen molar-refractivity contribution in [1.82, 2.24) is 5.32 Å². The molecule has 0 aromatic carbocycles. The molecule has 15 heavy (non-hydrogen) atoms. The van der Waals surface area contributed by atoms with Crippen molar-refractivity contribution >= 4 is 0 Å². The highest BCUT2D eigenvalue weighted by molar-refractivity contribution is 5.04. The van der Waals surface area contributed by atoms with Gasteiger partial charge < -0.3 is 10.1 Å². The summed E-state index contributed by atoms with van der Waals surface area (Å²) in [6.07, 6.45) is 2.47. The van der Waals surface area contributed by atoms with Crippen LogP contribution in [0.15, 0.2) is 0 Å². The van der Waals surface area contributed by atoms with Crippen LogP contribution in [0.3, 0.4) is 0 Å². The fourth-order valence-electron chi connectivity index (χ4n) is 3.64. The van der Waals surface area contributed by atoms with Crippen LogP contribution in [0.1, 0.15) is 47.5 Å². The summed E-state index contributed by atoms with van der Waals surface area (Å²) in [4.78, 5) is 0. The second kappa shape index (κ2) is 3.21. The van der Waals surface area contributed by atoms with Crippen molar-refractivity contribution < 1.29 is 4.74 Å². The molecule has 0 bridgehead atoms. The number of nitrogens with one attached hydrogen (secondary N) is 1. The van der Waals surface area contributed by atoms with E-state index in [4.69, 9.17) is 4.74 Å². The zero-order valence-corrected chi connectivity index (χ0v) is 10.8. The molecule has 0 aromatic heterocycles. The first-order chi connectivity index (χ1) is 6.75. The summed E-state index contributed by atoms with van der Waals surface area (Å²) in [5, 5.41) is 3.55. The smallest absolute Gasteiger partial charge is 0.0844 e. The summed E-state index contributed by atoms with van der Waals surface area (Å²) in [7, 11) is 0. The molecule has 1 aliphatic carbocycles. The molecule has 2 aliphatic rings. The van der Waals surface area contributed by atoms with Gasteiger partial charge in [-0.25, -0.2) is 0 Å². The molecule has 0 aromatic rings. The Morgan fingerprint density at radius 2 is 1.80 bits per heavy atom. The van der Waals surface area contributed by atoms with Crippen LogP contribution < -0.4 is 5.32 Å². The lowest BCUT2D eigenvalue weighted by atomic mass is 9.86. The minimum Gasteiger partial charge on any atom is -0.366 e. The Kier molecular flexibility index (Phi) is 2.44. The SMILES string of the molecule is CC1CC(C)(C)CC12CNCC(C)(C)O2. The van der Waals surface area contributed by atoms with Crippen LogP contribution in [-0.4, -0.2) is 24.3 Å². The van der Waals surface area contributed by atoms with Gasteiger partial charge in [0.1, 0.15) is 0 Å². The first kappa shape index (κ1) is 11.4. The molecule has 2 unspecified atom stereocenters. The predicted octanol–water partition coefficient (Wildman–Crippen LogP) is 2.58. The Bertz CT molecular complexity index is 259. The van der Waals surface area contributed by atoms with E-state index in [-0.39, 0.29) is 11.2 Å². The molecule has 1 spiro atoms. The highest BCUT2D eigenvalue weighted by atomic mass is 16.5. The minimum atomic E-state index is -0.00701. The standard InChI is InChI=1S/C13H25NO/c1-10-6-11(2,3)7-13(10)9-14-8-12(4,5)15-13/h10,14H,6-9H2,1-5H3. The number of morpholine rings is 1. The van der Waals surface area contributed by atoms with Crippen LogP contribution >= 0.6 is 0 Å². The first-order valence-corrected chi connectivity index (χ1v) is 6.16. The highest BCUT2D eigenvalue weighted by Crippen LogP contribution is 2.51. The maximum Gasteiger partial charge on any atom is 0.0844 e. The van der Waals surface area contributed by atoms with E-state index in [1.165, 1.54) is 12.8 Å². The topological polar surface area (TPSA) is 21.3 Å². The highest BCUT2D eigenvalue weighted by Gasteiger charge is 2.53.